The molecule has 1 atom stereocenters. The fourth-order valence-corrected chi connectivity index (χ4v) is 4.70. The van der Waals surface area contributed by atoms with Crippen LogP contribution < -0.4 is 10.2 Å². The van der Waals surface area contributed by atoms with E-state index in [9.17, 15) is 26.4 Å². The summed E-state index contributed by atoms with van der Waals surface area (Å²) in [5.74, 6) is -0.0199. The van der Waals surface area contributed by atoms with Crippen LogP contribution in [0.5, 0.6) is 0 Å². The number of hydrogen-bond donors (Lipinski definition) is 1. The summed E-state index contributed by atoms with van der Waals surface area (Å²) in [4.78, 5) is 23.9. The van der Waals surface area contributed by atoms with Crippen molar-refractivity contribution in [3.05, 3.63) is 59.3 Å². The van der Waals surface area contributed by atoms with E-state index in [1.165, 1.54) is 24.3 Å². The summed E-state index contributed by atoms with van der Waals surface area (Å²) in [5, 5.41) is 3.43. The summed E-state index contributed by atoms with van der Waals surface area (Å²) in [6.45, 7) is 2.27. The average molecular weight is 493 g/mol. The van der Waals surface area contributed by atoms with Crippen LogP contribution in [0.4, 0.5) is 19.1 Å². The first-order chi connectivity index (χ1) is 15.9. The molecule has 4 rings (SSSR count). The molecule has 3 aromatic rings. The summed E-state index contributed by atoms with van der Waals surface area (Å²) in [5.41, 5.74) is 0.685. The normalized spacial score (nSPS) is 16.7. The third-order valence-electron chi connectivity index (χ3n) is 5.81. The van der Waals surface area contributed by atoms with Crippen molar-refractivity contribution < 1.29 is 26.4 Å². The molecule has 180 valence electrons. The lowest BCUT2D eigenvalue weighted by atomic mass is 10.1. The average Bonchev–Trinajstić information content (AvgIpc) is 3.26. The van der Waals surface area contributed by atoms with Crippen molar-refractivity contribution in [3.63, 3.8) is 0 Å². The molecule has 1 aliphatic rings. The second kappa shape index (κ2) is 8.86. The Morgan fingerprint density at radius 2 is 1.94 bits per heavy atom. The maximum atomic E-state index is 12.9. The van der Waals surface area contributed by atoms with E-state index in [-0.39, 0.29) is 17.3 Å². The van der Waals surface area contributed by atoms with Gasteiger partial charge in [0.05, 0.1) is 21.7 Å². The maximum absolute atomic E-state index is 12.9. The number of carbonyl (C=O) groups excluding carboxylic acids is 1. The van der Waals surface area contributed by atoms with Crippen molar-refractivity contribution in [2.45, 2.75) is 43.4 Å². The molecule has 1 aromatic heterocycles. The predicted octanol–water partition coefficient (Wildman–Crippen LogP) is 3.65. The molecule has 0 unspecified atom stereocenters. The highest BCUT2D eigenvalue weighted by Gasteiger charge is 2.33. The number of aromatic nitrogens is 2. The number of aryl methyl sites for hydroxylation is 1. The molecule has 0 radical (unpaired) electrons. The topological polar surface area (TPSA) is 92.3 Å². The number of benzene rings is 2. The number of rotatable bonds is 5. The third kappa shape index (κ3) is 4.98. The van der Waals surface area contributed by atoms with E-state index in [2.05, 4.69) is 15.3 Å². The first kappa shape index (κ1) is 23.9. The Hall–Kier alpha value is -3.21. The number of nitrogens with zero attached hydrogens (tertiary/aromatic N) is 3. The fourth-order valence-electron chi connectivity index (χ4n) is 4.06. The van der Waals surface area contributed by atoms with E-state index in [0.29, 0.717) is 47.5 Å². The zero-order chi connectivity index (χ0) is 24.7. The van der Waals surface area contributed by atoms with Gasteiger partial charge in [0.1, 0.15) is 6.04 Å². The third-order valence-corrected chi connectivity index (χ3v) is 6.92. The highest BCUT2D eigenvalue weighted by Crippen LogP contribution is 2.30. The molecule has 2 heterocycles. The van der Waals surface area contributed by atoms with Crippen molar-refractivity contribution >= 4 is 32.6 Å². The number of amides is 1. The number of carbonyl (C=O) groups is 1. The monoisotopic (exact) mass is 492 g/mol. The Bertz CT molecular complexity index is 1360. The minimum atomic E-state index is -4.45. The molecule has 7 nitrogen and oxygen atoms in total. The van der Waals surface area contributed by atoms with E-state index in [1.807, 2.05) is 0 Å². The van der Waals surface area contributed by atoms with Gasteiger partial charge in [0.2, 0.25) is 11.9 Å². The smallest absolute Gasteiger partial charge is 0.350 e. The van der Waals surface area contributed by atoms with Gasteiger partial charge in [0.25, 0.3) is 0 Å². The first-order valence-electron chi connectivity index (χ1n) is 10.6. The molecule has 1 fully saturated rings. The highest BCUT2D eigenvalue weighted by atomic mass is 32.2. The summed E-state index contributed by atoms with van der Waals surface area (Å²) < 4.78 is 62.7. The zero-order valence-corrected chi connectivity index (χ0v) is 19.4. The number of nitrogens with one attached hydrogen (secondary N) is 1. The number of sulfone groups is 1. The van der Waals surface area contributed by atoms with E-state index < -0.39 is 27.6 Å². The van der Waals surface area contributed by atoms with Crippen molar-refractivity contribution in [2.24, 2.45) is 0 Å². The van der Waals surface area contributed by atoms with Gasteiger partial charge in [-0.2, -0.15) is 13.2 Å². The molecule has 0 spiro atoms. The fraction of sp³-hybridized carbons (Fsp3) is 0.348. The molecule has 1 amide bonds. The van der Waals surface area contributed by atoms with E-state index in [4.69, 9.17) is 0 Å². The van der Waals surface area contributed by atoms with Gasteiger partial charge in [0, 0.05) is 24.7 Å². The lowest BCUT2D eigenvalue weighted by Gasteiger charge is -2.24. The van der Waals surface area contributed by atoms with Crippen LogP contribution >= 0.6 is 0 Å². The van der Waals surface area contributed by atoms with Crippen molar-refractivity contribution in [3.8, 4) is 0 Å². The minimum absolute atomic E-state index is 0.0393. The molecule has 0 saturated carbocycles. The zero-order valence-electron chi connectivity index (χ0n) is 18.6. The second-order valence-corrected chi connectivity index (χ2v) is 10.3. The van der Waals surface area contributed by atoms with Crippen LogP contribution in [0.1, 0.15) is 29.7 Å². The van der Waals surface area contributed by atoms with Gasteiger partial charge in [-0.3, -0.25) is 4.79 Å². The quantitative estimate of drug-likeness (QED) is 0.585. The van der Waals surface area contributed by atoms with Crippen LogP contribution in [0.2, 0.25) is 0 Å². The van der Waals surface area contributed by atoms with Gasteiger partial charge in [0.15, 0.2) is 9.84 Å². The maximum Gasteiger partial charge on any atom is 0.416 e. The molecule has 0 aliphatic carbocycles. The number of fused-ring (bicyclic) bond motifs is 1. The standard InChI is InChI=1S/C23H23F3N4O3S/c1-14-18-9-8-17(34(2,32)33)12-19(18)29-22(28-14)30-10-4-7-20(30)21(31)27-13-15-5-3-6-16(11-15)23(24,25)26/h3,5-6,8-9,11-12,20H,4,7,10,13H2,1-2H3,(H,27,31)/t20-/m1/s1. The lowest BCUT2D eigenvalue weighted by molar-refractivity contribution is -0.137. The van der Waals surface area contributed by atoms with Crippen LogP contribution in [0.25, 0.3) is 10.9 Å². The van der Waals surface area contributed by atoms with Crippen LogP contribution in [0, 0.1) is 6.92 Å². The molecular weight excluding hydrogens is 469 g/mol. The lowest BCUT2D eigenvalue weighted by Crippen LogP contribution is -2.43. The van der Waals surface area contributed by atoms with Gasteiger partial charge >= 0.3 is 6.18 Å². The van der Waals surface area contributed by atoms with Gasteiger partial charge in [-0.15, -0.1) is 0 Å². The first-order valence-corrected chi connectivity index (χ1v) is 12.5. The van der Waals surface area contributed by atoms with Crippen molar-refractivity contribution in [1.29, 1.82) is 0 Å². The van der Waals surface area contributed by atoms with E-state index in [1.54, 1.807) is 17.9 Å². The molecule has 1 saturated heterocycles. The molecule has 2 aromatic carbocycles. The van der Waals surface area contributed by atoms with Crippen LogP contribution in [0.15, 0.2) is 47.4 Å². The van der Waals surface area contributed by atoms with E-state index in [0.717, 1.165) is 18.4 Å². The number of anilines is 1. The van der Waals surface area contributed by atoms with Crippen LogP contribution in [0.3, 0.4) is 0 Å². The van der Waals surface area contributed by atoms with Gasteiger partial charge < -0.3 is 10.2 Å². The largest absolute Gasteiger partial charge is 0.416 e. The SMILES string of the molecule is Cc1nc(N2CCC[C@@H]2C(=O)NCc2cccc(C(F)(F)F)c2)nc2cc(S(C)(=O)=O)ccc12. The molecule has 0 bridgehead atoms. The van der Waals surface area contributed by atoms with Gasteiger partial charge in [-0.1, -0.05) is 12.1 Å². The summed E-state index contributed by atoms with van der Waals surface area (Å²) in [6, 6.07) is 8.91. The molecule has 34 heavy (non-hydrogen) atoms. The second-order valence-electron chi connectivity index (χ2n) is 8.33. The summed E-state index contributed by atoms with van der Waals surface area (Å²) in [7, 11) is -3.42. The van der Waals surface area contributed by atoms with Gasteiger partial charge in [-0.05, 0) is 55.7 Å². The van der Waals surface area contributed by atoms with Gasteiger partial charge in [-0.25, -0.2) is 18.4 Å². The van der Waals surface area contributed by atoms with Crippen molar-refractivity contribution in [1.82, 2.24) is 15.3 Å². The van der Waals surface area contributed by atoms with Crippen LogP contribution in [-0.2, 0) is 27.4 Å². The summed E-state index contributed by atoms with van der Waals surface area (Å²) in [6.07, 6.45) is -2.08. The Morgan fingerprint density at radius 1 is 1.18 bits per heavy atom. The Kier molecular flexibility index (Phi) is 6.24. The number of halogens is 3. The molecular formula is C23H23F3N4O3S. The van der Waals surface area contributed by atoms with Crippen molar-refractivity contribution in [2.75, 3.05) is 17.7 Å². The number of alkyl halides is 3. The Balaban J connectivity index is 1.55. The molecule has 1 aliphatic heterocycles. The minimum Gasteiger partial charge on any atom is -0.350 e. The van der Waals surface area contributed by atoms with Crippen LogP contribution in [-0.4, -0.2) is 43.1 Å². The number of hydrogen-bond acceptors (Lipinski definition) is 6. The predicted molar refractivity (Wildman–Crippen MR) is 121 cm³/mol. The Morgan fingerprint density at radius 3 is 2.65 bits per heavy atom. The van der Waals surface area contributed by atoms with E-state index >= 15 is 0 Å². The summed E-state index contributed by atoms with van der Waals surface area (Å²) >= 11 is 0. The highest BCUT2D eigenvalue weighted by molar-refractivity contribution is 7.90. The molecule has 1 N–H and O–H groups in total. The molecule has 11 heteroatoms. The Labute approximate surface area is 194 Å².